The van der Waals surface area contributed by atoms with E-state index in [9.17, 15) is 9.90 Å². The summed E-state index contributed by atoms with van der Waals surface area (Å²) in [6.07, 6.45) is 1.83. The highest BCUT2D eigenvalue weighted by Crippen LogP contribution is 2.30. The lowest BCUT2D eigenvalue weighted by Gasteiger charge is -2.08. The van der Waals surface area contributed by atoms with E-state index in [0.717, 1.165) is 0 Å². The van der Waals surface area contributed by atoms with Gasteiger partial charge in [0.25, 0.3) is 0 Å². The number of esters is 1. The molecule has 1 fully saturated rings. The Morgan fingerprint density at radius 2 is 2.42 bits per heavy atom. The van der Waals surface area contributed by atoms with Gasteiger partial charge in [-0.3, -0.25) is 0 Å². The van der Waals surface area contributed by atoms with E-state index in [0.29, 0.717) is 6.61 Å². The van der Waals surface area contributed by atoms with Crippen molar-refractivity contribution in [3.05, 3.63) is 12.2 Å². The first-order chi connectivity index (χ1) is 5.58. The van der Waals surface area contributed by atoms with Gasteiger partial charge in [0.05, 0.1) is 13.7 Å². The molecule has 0 aromatic heterocycles. The fourth-order valence-corrected chi connectivity index (χ4v) is 0.726. The van der Waals surface area contributed by atoms with E-state index in [4.69, 9.17) is 4.74 Å². The Bertz CT molecular complexity index is 205. The van der Waals surface area contributed by atoms with Crippen LogP contribution in [0.5, 0.6) is 0 Å². The highest BCUT2D eigenvalue weighted by atomic mass is 16.6. The van der Waals surface area contributed by atoms with Crippen LogP contribution >= 0.6 is 0 Å². The van der Waals surface area contributed by atoms with Gasteiger partial charge in [-0.15, -0.1) is 0 Å². The molecule has 2 atom stereocenters. The van der Waals surface area contributed by atoms with Crippen LogP contribution in [0.25, 0.3) is 0 Å². The molecule has 0 radical (unpaired) electrons. The summed E-state index contributed by atoms with van der Waals surface area (Å²) in [4.78, 5) is 10.6. The van der Waals surface area contributed by atoms with E-state index in [1.54, 1.807) is 6.92 Å². The van der Waals surface area contributed by atoms with Crippen molar-refractivity contribution in [3.63, 3.8) is 0 Å². The van der Waals surface area contributed by atoms with Gasteiger partial charge in [-0.05, 0) is 13.0 Å². The van der Waals surface area contributed by atoms with Crippen molar-refractivity contribution in [2.45, 2.75) is 18.6 Å². The zero-order valence-corrected chi connectivity index (χ0v) is 7.11. The van der Waals surface area contributed by atoms with Gasteiger partial charge in [-0.2, -0.15) is 0 Å². The summed E-state index contributed by atoms with van der Waals surface area (Å²) in [7, 11) is 1.29. The lowest BCUT2D eigenvalue weighted by Crippen LogP contribution is -2.24. The minimum atomic E-state index is -0.739. The normalized spacial score (nSPS) is 30.2. The lowest BCUT2D eigenvalue weighted by molar-refractivity contribution is -0.134. The summed E-state index contributed by atoms with van der Waals surface area (Å²) in [6, 6.07) is 0. The molecule has 12 heavy (non-hydrogen) atoms. The van der Waals surface area contributed by atoms with Gasteiger partial charge in [-0.1, -0.05) is 0 Å². The zero-order valence-electron chi connectivity index (χ0n) is 7.11. The van der Waals surface area contributed by atoms with Crippen LogP contribution in [-0.4, -0.2) is 36.5 Å². The van der Waals surface area contributed by atoms with Crippen LogP contribution in [0.4, 0.5) is 0 Å². The number of epoxide rings is 1. The molecule has 0 saturated carbocycles. The van der Waals surface area contributed by atoms with Gasteiger partial charge in [0.2, 0.25) is 0 Å². The van der Waals surface area contributed by atoms with Crippen molar-refractivity contribution in [2.75, 3.05) is 13.7 Å². The monoisotopic (exact) mass is 172 g/mol. The topological polar surface area (TPSA) is 59.1 Å². The molecule has 1 aliphatic heterocycles. The Morgan fingerprint density at radius 3 is 2.83 bits per heavy atom. The number of rotatable bonds is 3. The Labute approximate surface area is 70.8 Å². The predicted octanol–water partition coefficient (Wildman–Crippen LogP) is -0.135. The van der Waals surface area contributed by atoms with E-state index in [2.05, 4.69) is 4.74 Å². The van der Waals surface area contributed by atoms with Gasteiger partial charge >= 0.3 is 5.97 Å². The number of ether oxygens (including phenoxy) is 2. The molecular weight excluding hydrogens is 160 g/mol. The van der Waals surface area contributed by atoms with Gasteiger partial charge in [0.15, 0.2) is 0 Å². The van der Waals surface area contributed by atoms with Crippen LogP contribution < -0.4 is 0 Å². The third kappa shape index (κ3) is 2.06. The maximum Gasteiger partial charge on any atom is 0.330 e. The van der Waals surface area contributed by atoms with Crippen molar-refractivity contribution in [3.8, 4) is 0 Å². The summed E-state index contributed by atoms with van der Waals surface area (Å²) in [5, 5.41) is 9.37. The molecule has 1 rings (SSSR count). The van der Waals surface area contributed by atoms with Gasteiger partial charge in [0, 0.05) is 6.08 Å². The molecule has 1 heterocycles. The van der Waals surface area contributed by atoms with Crippen molar-refractivity contribution in [1.29, 1.82) is 0 Å². The van der Waals surface area contributed by atoms with Crippen LogP contribution in [0.2, 0.25) is 0 Å². The van der Waals surface area contributed by atoms with Gasteiger partial charge < -0.3 is 14.6 Å². The fourth-order valence-electron chi connectivity index (χ4n) is 0.726. The van der Waals surface area contributed by atoms with E-state index >= 15 is 0 Å². The Balaban J connectivity index is 2.40. The standard InChI is InChI=1S/C8H12O4/c1-8(5-12-8)6(9)3-4-7(10)11-2/h3-4,6,9H,5H2,1-2H3/b4-3+/t6-,8+/m0/s1. The second kappa shape index (κ2) is 3.25. The number of aliphatic hydroxyl groups excluding tert-OH is 1. The molecule has 4 nitrogen and oxygen atoms in total. The molecule has 0 spiro atoms. The summed E-state index contributed by atoms with van der Waals surface area (Å²) in [5.74, 6) is -0.474. The van der Waals surface area contributed by atoms with Crippen LogP contribution in [-0.2, 0) is 14.3 Å². The van der Waals surface area contributed by atoms with Gasteiger partial charge in [0.1, 0.15) is 11.7 Å². The molecule has 68 valence electrons. The number of hydrogen-bond donors (Lipinski definition) is 1. The first kappa shape index (κ1) is 9.22. The molecule has 0 unspecified atom stereocenters. The minimum absolute atomic E-state index is 0.474. The van der Waals surface area contributed by atoms with Crippen LogP contribution in [0.15, 0.2) is 12.2 Å². The molecular formula is C8H12O4. The van der Waals surface area contributed by atoms with Gasteiger partial charge in [-0.25, -0.2) is 4.79 Å². The van der Waals surface area contributed by atoms with E-state index < -0.39 is 17.7 Å². The number of methoxy groups -OCH3 is 1. The molecule has 1 aliphatic rings. The molecule has 0 amide bonds. The van der Waals surface area contributed by atoms with Crippen molar-refractivity contribution in [1.82, 2.24) is 0 Å². The summed E-state index contributed by atoms with van der Waals surface area (Å²) in [6.45, 7) is 2.30. The summed E-state index contributed by atoms with van der Waals surface area (Å²) in [5.41, 5.74) is -0.496. The number of carbonyl (C=O) groups excluding carboxylic acids is 1. The number of carbonyl (C=O) groups is 1. The maximum atomic E-state index is 10.6. The molecule has 0 aromatic carbocycles. The van der Waals surface area contributed by atoms with Crippen molar-refractivity contribution >= 4 is 5.97 Å². The Hall–Kier alpha value is -0.870. The number of hydrogen-bond acceptors (Lipinski definition) is 4. The first-order valence-electron chi connectivity index (χ1n) is 3.67. The van der Waals surface area contributed by atoms with Crippen molar-refractivity contribution in [2.24, 2.45) is 0 Å². The predicted molar refractivity (Wildman–Crippen MR) is 41.5 cm³/mol. The fraction of sp³-hybridized carbons (Fsp3) is 0.625. The van der Waals surface area contributed by atoms with E-state index in [1.165, 1.54) is 19.3 Å². The Kier molecular flexibility index (Phi) is 2.49. The molecule has 1 N–H and O–H groups in total. The molecule has 0 aliphatic carbocycles. The Morgan fingerprint density at radius 1 is 1.83 bits per heavy atom. The van der Waals surface area contributed by atoms with Crippen LogP contribution in [0.3, 0.4) is 0 Å². The molecule has 1 saturated heterocycles. The highest BCUT2D eigenvalue weighted by molar-refractivity contribution is 5.81. The van der Waals surface area contributed by atoms with Crippen LogP contribution in [0, 0.1) is 0 Å². The third-order valence-corrected chi connectivity index (χ3v) is 1.84. The molecule has 4 heteroatoms. The second-order valence-electron chi connectivity index (χ2n) is 2.93. The second-order valence-corrected chi connectivity index (χ2v) is 2.93. The largest absolute Gasteiger partial charge is 0.466 e. The third-order valence-electron chi connectivity index (χ3n) is 1.84. The zero-order chi connectivity index (χ0) is 9.19. The smallest absolute Gasteiger partial charge is 0.330 e. The minimum Gasteiger partial charge on any atom is -0.466 e. The average Bonchev–Trinajstić information content (AvgIpc) is 2.80. The van der Waals surface area contributed by atoms with E-state index in [-0.39, 0.29) is 0 Å². The van der Waals surface area contributed by atoms with E-state index in [1.807, 2.05) is 0 Å². The molecule has 0 bridgehead atoms. The quantitative estimate of drug-likeness (QED) is 0.366. The average molecular weight is 172 g/mol. The summed E-state index contributed by atoms with van der Waals surface area (Å²) >= 11 is 0. The SMILES string of the molecule is COC(=O)/C=C/[C@H](O)[C@@]1(C)CO1. The summed E-state index contributed by atoms with van der Waals surface area (Å²) < 4.78 is 9.33. The molecule has 0 aromatic rings. The van der Waals surface area contributed by atoms with Crippen LogP contribution in [0.1, 0.15) is 6.92 Å². The highest BCUT2D eigenvalue weighted by Gasteiger charge is 2.45. The first-order valence-corrected chi connectivity index (χ1v) is 3.67. The lowest BCUT2D eigenvalue weighted by atomic mass is 10.1. The number of aliphatic hydroxyl groups is 1. The van der Waals surface area contributed by atoms with Crippen molar-refractivity contribution < 1.29 is 19.4 Å². The maximum absolute atomic E-state index is 10.6.